The minimum atomic E-state index is -0.0453. The van der Waals surface area contributed by atoms with Crippen molar-refractivity contribution in [1.29, 1.82) is 0 Å². The molecule has 1 aliphatic carbocycles. The molecule has 0 atom stereocenters. The van der Waals surface area contributed by atoms with Crippen molar-refractivity contribution < 1.29 is 9.53 Å². The standard InChI is InChI=1S/C18H30N4O2S.HI/c1-5-19-18(20-11-16-21-12(3)13(4)25-16)22-15-9-7-14(8-10-15)17(23)24-6-2;/h14-15H,5-11H2,1-4H3,(H2,19,20,22);1H. The SMILES string of the molecule is CCNC(=NCc1nc(C)c(C)s1)NC1CCC(C(=O)OCC)CC1.I. The van der Waals surface area contributed by atoms with E-state index in [1.807, 2.05) is 13.8 Å². The first-order valence-corrected chi connectivity index (χ1v) is 9.99. The normalized spacial score (nSPS) is 20.2. The number of guanidine groups is 1. The fourth-order valence-electron chi connectivity index (χ4n) is 3.00. The Balaban J connectivity index is 0.00000338. The zero-order valence-corrected chi connectivity index (χ0v) is 19.3. The molecule has 0 aromatic carbocycles. The van der Waals surface area contributed by atoms with Crippen LogP contribution in [0.3, 0.4) is 0 Å². The lowest BCUT2D eigenvalue weighted by Crippen LogP contribution is -2.45. The van der Waals surface area contributed by atoms with Gasteiger partial charge in [0.25, 0.3) is 0 Å². The Bertz CT molecular complexity index is 579. The fourth-order valence-corrected chi connectivity index (χ4v) is 3.86. The minimum absolute atomic E-state index is 0. The van der Waals surface area contributed by atoms with Crippen LogP contribution in [0.5, 0.6) is 0 Å². The third kappa shape index (κ3) is 7.02. The monoisotopic (exact) mass is 494 g/mol. The van der Waals surface area contributed by atoms with Crippen LogP contribution in [0, 0.1) is 19.8 Å². The van der Waals surface area contributed by atoms with Crippen LogP contribution >= 0.6 is 35.3 Å². The number of hydrogen-bond donors (Lipinski definition) is 2. The summed E-state index contributed by atoms with van der Waals surface area (Å²) >= 11 is 1.70. The highest BCUT2D eigenvalue weighted by molar-refractivity contribution is 14.0. The van der Waals surface area contributed by atoms with Gasteiger partial charge in [-0.2, -0.15) is 0 Å². The van der Waals surface area contributed by atoms with Crippen LogP contribution in [0.15, 0.2) is 4.99 Å². The van der Waals surface area contributed by atoms with E-state index >= 15 is 0 Å². The van der Waals surface area contributed by atoms with Crippen molar-refractivity contribution in [3.8, 4) is 0 Å². The van der Waals surface area contributed by atoms with E-state index in [-0.39, 0.29) is 35.9 Å². The number of esters is 1. The second kappa shape index (κ2) is 11.7. The second-order valence-corrected chi connectivity index (χ2v) is 7.68. The van der Waals surface area contributed by atoms with Crippen molar-refractivity contribution in [3.05, 3.63) is 15.6 Å². The van der Waals surface area contributed by atoms with Gasteiger partial charge in [0.15, 0.2) is 5.96 Å². The quantitative estimate of drug-likeness (QED) is 0.274. The molecule has 26 heavy (non-hydrogen) atoms. The van der Waals surface area contributed by atoms with Gasteiger partial charge in [0.1, 0.15) is 5.01 Å². The Labute approximate surface area is 177 Å². The van der Waals surface area contributed by atoms with Gasteiger partial charge in [-0.15, -0.1) is 35.3 Å². The number of aryl methyl sites for hydroxylation is 2. The summed E-state index contributed by atoms with van der Waals surface area (Å²) in [7, 11) is 0. The maximum absolute atomic E-state index is 11.8. The summed E-state index contributed by atoms with van der Waals surface area (Å²) in [6, 6.07) is 0.350. The lowest BCUT2D eigenvalue weighted by Gasteiger charge is -2.29. The summed E-state index contributed by atoms with van der Waals surface area (Å²) in [5, 5.41) is 7.84. The molecule has 1 aromatic rings. The lowest BCUT2D eigenvalue weighted by atomic mass is 9.86. The van der Waals surface area contributed by atoms with E-state index in [9.17, 15) is 4.79 Å². The molecule has 1 heterocycles. The largest absolute Gasteiger partial charge is 0.466 e. The number of aliphatic imine (C=N–C) groups is 1. The van der Waals surface area contributed by atoms with Crippen LogP contribution < -0.4 is 10.6 Å². The van der Waals surface area contributed by atoms with Gasteiger partial charge in [0.2, 0.25) is 0 Å². The number of ether oxygens (including phenoxy) is 1. The molecule has 6 nitrogen and oxygen atoms in total. The third-order valence-electron chi connectivity index (χ3n) is 4.48. The van der Waals surface area contributed by atoms with E-state index in [1.54, 1.807) is 11.3 Å². The molecule has 148 valence electrons. The molecule has 0 saturated heterocycles. The fraction of sp³-hybridized carbons (Fsp3) is 0.722. The van der Waals surface area contributed by atoms with Crippen LogP contribution in [-0.2, 0) is 16.1 Å². The van der Waals surface area contributed by atoms with E-state index in [0.29, 0.717) is 19.2 Å². The molecule has 1 aliphatic rings. The van der Waals surface area contributed by atoms with Crippen LogP contribution in [0.1, 0.15) is 55.1 Å². The topological polar surface area (TPSA) is 75.6 Å². The number of thiazole rings is 1. The van der Waals surface area contributed by atoms with E-state index in [2.05, 4.69) is 34.5 Å². The molecule has 0 aliphatic heterocycles. The van der Waals surface area contributed by atoms with Gasteiger partial charge in [-0.3, -0.25) is 4.79 Å². The van der Waals surface area contributed by atoms with Gasteiger partial charge < -0.3 is 15.4 Å². The minimum Gasteiger partial charge on any atom is -0.466 e. The Morgan fingerprint density at radius 2 is 1.96 bits per heavy atom. The molecule has 1 aromatic heterocycles. The first-order chi connectivity index (χ1) is 12.0. The number of carbonyl (C=O) groups is 1. The zero-order chi connectivity index (χ0) is 18.2. The van der Waals surface area contributed by atoms with Crippen molar-refractivity contribution in [3.63, 3.8) is 0 Å². The number of aromatic nitrogens is 1. The Kier molecular flexibility index (Phi) is 10.4. The van der Waals surface area contributed by atoms with Crippen molar-refractivity contribution in [1.82, 2.24) is 15.6 Å². The second-order valence-electron chi connectivity index (χ2n) is 6.39. The number of hydrogen-bond acceptors (Lipinski definition) is 5. The number of nitrogens with zero attached hydrogens (tertiary/aromatic N) is 2. The average Bonchev–Trinajstić information content (AvgIpc) is 2.92. The van der Waals surface area contributed by atoms with Gasteiger partial charge in [0, 0.05) is 17.5 Å². The highest BCUT2D eigenvalue weighted by Gasteiger charge is 2.27. The van der Waals surface area contributed by atoms with Gasteiger partial charge >= 0.3 is 5.97 Å². The summed E-state index contributed by atoms with van der Waals surface area (Å²) in [5.41, 5.74) is 1.09. The molecular weight excluding hydrogens is 463 g/mol. The predicted octanol–water partition coefficient (Wildman–Crippen LogP) is 3.55. The number of nitrogens with one attached hydrogen (secondary N) is 2. The van der Waals surface area contributed by atoms with Crippen LogP contribution in [0.2, 0.25) is 0 Å². The Morgan fingerprint density at radius 3 is 2.50 bits per heavy atom. The summed E-state index contributed by atoms with van der Waals surface area (Å²) < 4.78 is 5.13. The molecule has 8 heteroatoms. The molecule has 2 N–H and O–H groups in total. The molecule has 0 bridgehead atoms. The maximum Gasteiger partial charge on any atom is 0.308 e. The van der Waals surface area contributed by atoms with Gasteiger partial charge in [-0.05, 0) is 53.4 Å². The molecule has 0 radical (unpaired) electrons. The highest BCUT2D eigenvalue weighted by atomic mass is 127. The number of halogens is 1. The first kappa shape index (κ1) is 23.1. The highest BCUT2D eigenvalue weighted by Crippen LogP contribution is 2.25. The third-order valence-corrected chi connectivity index (χ3v) is 5.54. The molecule has 0 amide bonds. The summed E-state index contributed by atoms with van der Waals surface area (Å²) in [6.45, 7) is 9.91. The van der Waals surface area contributed by atoms with Crippen molar-refractivity contribution >= 4 is 47.2 Å². The predicted molar refractivity (Wildman–Crippen MR) is 117 cm³/mol. The smallest absolute Gasteiger partial charge is 0.308 e. The van der Waals surface area contributed by atoms with Crippen LogP contribution in [0.4, 0.5) is 0 Å². The van der Waals surface area contributed by atoms with E-state index in [0.717, 1.165) is 48.9 Å². The zero-order valence-electron chi connectivity index (χ0n) is 16.1. The van der Waals surface area contributed by atoms with Crippen molar-refractivity contribution in [2.45, 2.75) is 66.0 Å². The molecule has 0 unspecified atom stereocenters. The summed E-state index contributed by atoms with van der Waals surface area (Å²) in [5.74, 6) is 0.836. The van der Waals surface area contributed by atoms with E-state index in [1.165, 1.54) is 4.88 Å². The first-order valence-electron chi connectivity index (χ1n) is 9.17. The van der Waals surface area contributed by atoms with E-state index < -0.39 is 0 Å². The lowest BCUT2D eigenvalue weighted by molar-refractivity contribution is -0.149. The van der Waals surface area contributed by atoms with Crippen molar-refractivity contribution in [2.75, 3.05) is 13.2 Å². The Morgan fingerprint density at radius 1 is 1.27 bits per heavy atom. The average molecular weight is 494 g/mol. The van der Waals surface area contributed by atoms with Gasteiger partial charge in [-0.1, -0.05) is 0 Å². The molecule has 1 fully saturated rings. The van der Waals surface area contributed by atoms with E-state index in [4.69, 9.17) is 4.74 Å². The van der Waals surface area contributed by atoms with Crippen LogP contribution in [0.25, 0.3) is 0 Å². The number of rotatable bonds is 6. The Hall–Kier alpha value is -0.900. The summed E-state index contributed by atoms with van der Waals surface area (Å²) in [4.78, 5) is 22.3. The molecule has 0 spiro atoms. The van der Waals surface area contributed by atoms with Gasteiger partial charge in [0.05, 0.1) is 24.8 Å². The summed E-state index contributed by atoms with van der Waals surface area (Å²) in [6.07, 6.45) is 3.67. The molecular formula is C18H31IN4O2S. The number of carbonyl (C=O) groups excluding carboxylic acids is 1. The molecule has 1 saturated carbocycles. The maximum atomic E-state index is 11.8. The van der Waals surface area contributed by atoms with Crippen LogP contribution in [-0.4, -0.2) is 36.1 Å². The molecule has 2 rings (SSSR count). The van der Waals surface area contributed by atoms with Gasteiger partial charge in [-0.25, -0.2) is 9.98 Å². The van der Waals surface area contributed by atoms with Crippen molar-refractivity contribution in [2.24, 2.45) is 10.9 Å².